The summed E-state index contributed by atoms with van der Waals surface area (Å²) in [5.41, 5.74) is 1.23. The highest BCUT2D eigenvalue weighted by Crippen LogP contribution is 2.40. The maximum Gasteiger partial charge on any atom is 0.490 e. The minimum Gasteiger partial charge on any atom is -0.475 e. The van der Waals surface area contributed by atoms with Crippen LogP contribution in [-0.4, -0.2) is 52.9 Å². The van der Waals surface area contributed by atoms with Gasteiger partial charge in [0.15, 0.2) is 0 Å². The zero-order valence-corrected chi connectivity index (χ0v) is 13.7. The van der Waals surface area contributed by atoms with Crippen LogP contribution in [0.1, 0.15) is 23.5 Å². The fraction of sp³-hybridized carbons (Fsp3) is 0.714. The van der Waals surface area contributed by atoms with Gasteiger partial charge in [0.25, 0.3) is 0 Å². The van der Waals surface area contributed by atoms with Crippen molar-refractivity contribution >= 4 is 17.3 Å². The van der Waals surface area contributed by atoms with Crippen LogP contribution < -0.4 is 0 Å². The number of aromatic nitrogens is 1. The molecule has 1 N–H and O–H groups in total. The molecule has 3 rings (SSSR count). The summed E-state index contributed by atoms with van der Waals surface area (Å²) in [6, 6.07) is 0.636. The minimum atomic E-state index is -5.08. The van der Waals surface area contributed by atoms with Gasteiger partial charge in [-0.3, -0.25) is 4.90 Å². The van der Waals surface area contributed by atoms with Crippen LogP contribution in [0.4, 0.5) is 13.2 Å². The van der Waals surface area contributed by atoms with E-state index in [1.54, 1.807) is 11.3 Å². The summed E-state index contributed by atoms with van der Waals surface area (Å²) in [6.07, 6.45) is -1.97. The standard InChI is InChI=1S/C12H18N2OS.C2HF3O2/c1-8-13-10(7-16-8)6-14-5-9-3-4-11(14)12(9)15-2;3-2(4,5)1(6)7/h7,9,11-12H,3-6H2,1-2H3;(H,6,7). The number of carboxylic acid groups (broad SMARTS) is 1. The molecule has 0 aromatic carbocycles. The van der Waals surface area contributed by atoms with Crippen LogP contribution in [0.3, 0.4) is 0 Å². The topological polar surface area (TPSA) is 62.7 Å². The van der Waals surface area contributed by atoms with E-state index in [1.165, 1.54) is 30.1 Å². The lowest BCUT2D eigenvalue weighted by molar-refractivity contribution is -0.192. The van der Waals surface area contributed by atoms with Gasteiger partial charge in [0, 0.05) is 31.6 Å². The molecule has 9 heteroatoms. The fourth-order valence-electron chi connectivity index (χ4n) is 3.27. The van der Waals surface area contributed by atoms with E-state index >= 15 is 0 Å². The summed E-state index contributed by atoms with van der Waals surface area (Å²) in [4.78, 5) is 16.0. The van der Waals surface area contributed by atoms with Crippen LogP contribution in [0.15, 0.2) is 5.38 Å². The first-order valence-electron chi connectivity index (χ1n) is 7.20. The zero-order chi connectivity index (χ0) is 17.2. The molecule has 23 heavy (non-hydrogen) atoms. The minimum absolute atomic E-state index is 0.472. The molecule has 2 fully saturated rings. The van der Waals surface area contributed by atoms with Crippen LogP contribution in [0.25, 0.3) is 0 Å². The number of piperidine rings is 1. The number of likely N-dealkylation sites (tertiary alicyclic amines) is 1. The summed E-state index contributed by atoms with van der Waals surface area (Å²) in [5, 5.41) is 10.5. The molecule has 2 bridgehead atoms. The Kier molecular flexibility index (Phi) is 5.64. The van der Waals surface area contributed by atoms with Crippen molar-refractivity contribution in [3.8, 4) is 0 Å². The number of rotatable bonds is 3. The molecule has 0 amide bonds. The van der Waals surface area contributed by atoms with Crippen LogP contribution >= 0.6 is 11.3 Å². The second-order valence-corrected chi connectivity index (χ2v) is 6.76. The fourth-order valence-corrected chi connectivity index (χ4v) is 3.87. The van der Waals surface area contributed by atoms with Crippen molar-refractivity contribution in [2.75, 3.05) is 13.7 Å². The van der Waals surface area contributed by atoms with E-state index in [-0.39, 0.29) is 0 Å². The average Bonchev–Trinajstić information content (AvgIpc) is 3.12. The van der Waals surface area contributed by atoms with Gasteiger partial charge in [-0.15, -0.1) is 11.3 Å². The number of aryl methyl sites for hydroxylation is 1. The number of ether oxygens (including phenoxy) is 1. The van der Waals surface area contributed by atoms with E-state index in [9.17, 15) is 13.2 Å². The molecule has 130 valence electrons. The van der Waals surface area contributed by atoms with Gasteiger partial charge in [-0.1, -0.05) is 0 Å². The van der Waals surface area contributed by atoms with Gasteiger partial charge in [0.2, 0.25) is 0 Å². The van der Waals surface area contributed by atoms with Crippen molar-refractivity contribution in [2.24, 2.45) is 5.92 Å². The number of halogens is 3. The number of nitrogens with zero attached hydrogens (tertiary/aromatic N) is 2. The number of thiazole rings is 1. The van der Waals surface area contributed by atoms with Crippen molar-refractivity contribution in [1.82, 2.24) is 9.88 Å². The van der Waals surface area contributed by atoms with Crippen molar-refractivity contribution < 1.29 is 27.8 Å². The molecule has 0 radical (unpaired) electrons. The zero-order valence-electron chi connectivity index (χ0n) is 12.8. The highest BCUT2D eigenvalue weighted by Gasteiger charge is 2.46. The van der Waals surface area contributed by atoms with Crippen molar-refractivity contribution in [2.45, 2.75) is 44.6 Å². The summed E-state index contributed by atoms with van der Waals surface area (Å²) in [5.74, 6) is -2.00. The van der Waals surface area contributed by atoms with Crippen LogP contribution in [0.2, 0.25) is 0 Å². The predicted octanol–water partition coefficient (Wildman–Crippen LogP) is 2.69. The molecule has 1 saturated carbocycles. The third-order valence-corrected chi connectivity index (χ3v) is 4.98. The Morgan fingerprint density at radius 3 is 2.61 bits per heavy atom. The Bertz CT molecular complexity index is 550. The number of methoxy groups -OCH3 is 1. The van der Waals surface area contributed by atoms with Gasteiger partial charge in [-0.25, -0.2) is 9.78 Å². The number of aliphatic carboxylic acids is 1. The quantitative estimate of drug-likeness (QED) is 0.906. The highest BCUT2D eigenvalue weighted by atomic mass is 32.1. The van der Waals surface area contributed by atoms with E-state index in [0.29, 0.717) is 12.1 Å². The Labute approximate surface area is 136 Å². The number of hydrogen-bond donors (Lipinski definition) is 1. The van der Waals surface area contributed by atoms with Crippen molar-refractivity contribution in [1.29, 1.82) is 0 Å². The summed E-state index contributed by atoms with van der Waals surface area (Å²) < 4.78 is 37.3. The molecular formula is C14H19F3N2O3S. The molecule has 2 heterocycles. The van der Waals surface area contributed by atoms with Gasteiger partial charge in [-0.05, 0) is 25.7 Å². The number of hydrogen-bond acceptors (Lipinski definition) is 5. The summed E-state index contributed by atoms with van der Waals surface area (Å²) in [7, 11) is 1.85. The molecule has 0 spiro atoms. The number of alkyl halides is 3. The average molecular weight is 352 g/mol. The molecule has 3 unspecified atom stereocenters. The monoisotopic (exact) mass is 352 g/mol. The van der Waals surface area contributed by atoms with Crippen molar-refractivity contribution in [3.05, 3.63) is 16.1 Å². The third kappa shape index (κ3) is 4.42. The van der Waals surface area contributed by atoms with E-state index in [1.807, 2.05) is 7.11 Å². The van der Waals surface area contributed by atoms with Gasteiger partial charge in [-0.2, -0.15) is 13.2 Å². The van der Waals surface area contributed by atoms with E-state index in [2.05, 4.69) is 22.2 Å². The second-order valence-electron chi connectivity index (χ2n) is 5.70. The van der Waals surface area contributed by atoms with Crippen LogP contribution in [0.5, 0.6) is 0 Å². The van der Waals surface area contributed by atoms with E-state index in [0.717, 1.165) is 12.5 Å². The number of carbonyl (C=O) groups is 1. The number of carboxylic acids is 1. The maximum absolute atomic E-state index is 10.6. The lowest BCUT2D eigenvalue weighted by Gasteiger charge is -2.25. The van der Waals surface area contributed by atoms with E-state index < -0.39 is 12.1 Å². The van der Waals surface area contributed by atoms with Gasteiger partial charge in [0.05, 0.1) is 16.8 Å². The summed E-state index contributed by atoms with van der Waals surface area (Å²) >= 11 is 1.75. The smallest absolute Gasteiger partial charge is 0.475 e. The lowest BCUT2D eigenvalue weighted by atomic mass is 10.1. The van der Waals surface area contributed by atoms with E-state index in [4.69, 9.17) is 14.6 Å². The third-order valence-electron chi connectivity index (χ3n) is 4.16. The van der Waals surface area contributed by atoms with Crippen LogP contribution in [-0.2, 0) is 16.1 Å². The maximum atomic E-state index is 10.6. The normalized spacial score (nSPS) is 26.9. The highest BCUT2D eigenvalue weighted by molar-refractivity contribution is 7.09. The van der Waals surface area contributed by atoms with Crippen LogP contribution in [0, 0.1) is 12.8 Å². The first-order valence-corrected chi connectivity index (χ1v) is 8.08. The van der Waals surface area contributed by atoms with Gasteiger partial charge in [0.1, 0.15) is 0 Å². The molecule has 2 aliphatic rings. The molecule has 5 nitrogen and oxygen atoms in total. The van der Waals surface area contributed by atoms with Gasteiger partial charge < -0.3 is 9.84 Å². The molecular weight excluding hydrogens is 333 g/mol. The predicted molar refractivity (Wildman–Crippen MR) is 78.3 cm³/mol. The van der Waals surface area contributed by atoms with Crippen molar-refractivity contribution in [3.63, 3.8) is 0 Å². The molecule has 1 aliphatic heterocycles. The second kappa shape index (κ2) is 7.14. The Morgan fingerprint density at radius 1 is 1.52 bits per heavy atom. The molecule has 1 aromatic rings. The SMILES string of the molecule is COC1C2CCC1N(Cc1csc(C)n1)C2.O=C(O)C(F)(F)F. The first-order chi connectivity index (χ1) is 10.7. The molecule has 3 atom stereocenters. The largest absolute Gasteiger partial charge is 0.490 e. The summed E-state index contributed by atoms with van der Waals surface area (Å²) in [6.45, 7) is 4.27. The molecule has 1 aromatic heterocycles. The Hall–Kier alpha value is -1.19. The molecule has 1 saturated heterocycles. The lowest BCUT2D eigenvalue weighted by Crippen LogP contribution is -2.34. The molecule has 1 aliphatic carbocycles. The Balaban J connectivity index is 0.000000236. The Morgan fingerprint density at radius 2 is 2.17 bits per heavy atom. The first kappa shape index (κ1) is 18.2. The van der Waals surface area contributed by atoms with Gasteiger partial charge >= 0.3 is 12.1 Å². The number of fused-ring (bicyclic) bond motifs is 2.